The molecule has 0 saturated carbocycles. The molecule has 96 valence electrons. The minimum absolute atomic E-state index is 0.145. The lowest BCUT2D eigenvalue weighted by molar-refractivity contribution is -0.163. The smallest absolute Gasteiger partial charge is 0.383 e. The van der Waals surface area contributed by atoms with Gasteiger partial charge in [0, 0.05) is 0 Å². The lowest BCUT2D eigenvalue weighted by Gasteiger charge is -2.15. The predicted octanol–water partition coefficient (Wildman–Crippen LogP) is 1.98. The standard InChI is InChI=1S/C10H7F4N3O/c11-8(12)10(13,14)9(18)17-7-2-1-5(4-15)3-6(7)16/h1-3,8H,16H2,(H,17,18). The first-order valence-electron chi connectivity index (χ1n) is 4.56. The van der Waals surface area contributed by atoms with Crippen LogP contribution in [0.3, 0.4) is 0 Å². The minimum Gasteiger partial charge on any atom is -0.397 e. The molecule has 0 aliphatic carbocycles. The second-order valence-corrected chi connectivity index (χ2v) is 3.29. The van der Waals surface area contributed by atoms with Crippen molar-refractivity contribution >= 4 is 17.3 Å². The van der Waals surface area contributed by atoms with Gasteiger partial charge in [-0.25, -0.2) is 8.78 Å². The van der Waals surface area contributed by atoms with E-state index in [1.807, 2.05) is 0 Å². The molecule has 0 spiro atoms. The van der Waals surface area contributed by atoms with Gasteiger partial charge in [0.15, 0.2) is 0 Å². The Morgan fingerprint density at radius 2 is 2.06 bits per heavy atom. The van der Waals surface area contributed by atoms with E-state index in [1.54, 1.807) is 11.4 Å². The Morgan fingerprint density at radius 3 is 2.50 bits per heavy atom. The van der Waals surface area contributed by atoms with Crippen LogP contribution in [0.4, 0.5) is 28.9 Å². The molecule has 3 N–H and O–H groups in total. The predicted molar refractivity (Wildman–Crippen MR) is 55.2 cm³/mol. The second kappa shape index (κ2) is 4.91. The third-order valence-corrected chi connectivity index (χ3v) is 2.01. The van der Waals surface area contributed by atoms with Crippen molar-refractivity contribution < 1.29 is 22.4 Å². The van der Waals surface area contributed by atoms with Crippen LogP contribution in [0.5, 0.6) is 0 Å². The number of amides is 1. The van der Waals surface area contributed by atoms with Gasteiger partial charge in [0.25, 0.3) is 0 Å². The molecule has 0 aliphatic heterocycles. The van der Waals surface area contributed by atoms with E-state index in [2.05, 4.69) is 0 Å². The monoisotopic (exact) mass is 261 g/mol. The summed E-state index contributed by atoms with van der Waals surface area (Å²) in [5.74, 6) is -6.96. The minimum atomic E-state index is -4.81. The summed E-state index contributed by atoms with van der Waals surface area (Å²) in [4.78, 5) is 10.9. The SMILES string of the molecule is N#Cc1ccc(NC(=O)C(F)(F)C(F)F)c(N)c1. The van der Waals surface area contributed by atoms with E-state index in [0.29, 0.717) is 0 Å². The maximum atomic E-state index is 12.6. The van der Waals surface area contributed by atoms with Crippen molar-refractivity contribution in [1.29, 1.82) is 5.26 Å². The first-order valence-corrected chi connectivity index (χ1v) is 4.56. The van der Waals surface area contributed by atoms with Crippen LogP contribution in [0.1, 0.15) is 5.56 Å². The van der Waals surface area contributed by atoms with Crippen LogP contribution >= 0.6 is 0 Å². The molecule has 1 amide bonds. The first kappa shape index (κ1) is 13.8. The number of nitrogens with two attached hydrogens (primary N) is 1. The largest absolute Gasteiger partial charge is 0.397 e. The van der Waals surface area contributed by atoms with Crippen LogP contribution in [0.25, 0.3) is 0 Å². The van der Waals surface area contributed by atoms with Crippen LogP contribution in [-0.2, 0) is 4.79 Å². The lowest BCUT2D eigenvalue weighted by Crippen LogP contribution is -2.41. The van der Waals surface area contributed by atoms with Gasteiger partial charge in [0.1, 0.15) is 0 Å². The Kier molecular flexibility index (Phi) is 3.76. The van der Waals surface area contributed by atoms with Gasteiger partial charge in [-0.3, -0.25) is 4.79 Å². The van der Waals surface area contributed by atoms with Crippen molar-refractivity contribution in [2.24, 2.45) is 0 Å². The molecule has 0 heterocycles. The summed E-state index contributed by atoms with van der Waals surface area (Å²) in [6, 6.07) is 5.13. The van der Waals surface area contributed by atoms with Gasteiger partial charge in [-0.15, -0.1) is 0 Å². The van der Waals surface area contributed by atoms with Crippen LogP contribution in [0, 0.1) is 11.3 Å². The van der Waals surface area contributed by atoms with E-state index < -0.39 is 18.3 Å². The van der Waals surface area contributed by atoms with Gasteiger partial charge in [-0.1, -0.05) is 0 Å². The van der Waals surface area contributed by atoms with E-state index in [1.165, 1.54) is 6.07 Å². The molecule has 0 radical (unpaired) electrons. The number of nitrogen functional groups attached to an aromatic ring is 1. The van der Waals surface area contributed by atoms with E-state index in [0.717, 1.165) is 12.1 Å². The van der Waals surface area contributed by atoms with Crippen molar-refractivity contribution in [1.82, 2.24) is 0 Å². The van der Waals surface area contributed by atoms with E-state index in [9.17, 15) is 22.4 Å². The van der Waals surface area contributed by atoms with E-state index >= 15 is 0 Å². The van der Waals surface area contributed by atoms with Gasteiger partial charge in [0.2, 0.25) is 0 Å². The van der Waals surface area contributed by atoms with Crippen molar-refractivity contribution in [3.05, 3.63) is 23.8 Å². The van der Waals surface area contributed by atoms with Crippen molar-refractivity contribution in [3.8, 4) is 6.07 Å². The number of nitrogens with zero attached hydrogens (tertiary/aromatic N) is 1. The molecule has 8 heteroatoms. The van der Waals surface area contributed by atoms with Gasteiger partial charge in [0.05, 0.1) is 23.0 Å². The molecule has 1 aromatic rings. The normalized spacial score (nSPS) is 11.1. The van der Waals surface area contributed by atoms with Crippen LogP contribution < -0.4 is 11.1 Å². The molecule has 0 atom stereocenters. The Bertz CT molecular complexity index is 510. The second-order valence-electron chi connectivity index (χ2n) is 3.29. The maximum absolute atomic E-state index is 12.6. The number of nitrogens with one attached hydrogen (secondary N) is 1. The zero-order valence-electron chi connectivity index (χ0n) is 8.75. The first-order chi connectivity index (χ1) is 8.28. The summed E-state index contributed by atoms with van der Waals surface area (Å²) in [5, 5.41) is 10.1. The fourth-order valence-corrected chi connectivity index (χ4v) is 1.05. The Morgan fingerprint density at radius 1 is 1.44 bits per heavy atom. The number of benzene rings is 1. The summed E-state index contributed by atoms with van der Waals surface area (Å²) in [6.45, 7) is 0. The summed E-state index contributed by atoms with van der Waals surface area (Å²) in [7, 11) is 0. The highest BCUT2D eigenvalue weighted by Crippen LogP contribution is 2.26. The van der Waals surface area contributed by atoms with E-state index in [-0.39, 0.29) is 16.9 Å². The van der Waals surface area contributed by atoms with Crippen molar-refractivity contribution in [3.63, 3.8) is 0 Å². The molecule has 4 nitrogen and oxygen atoms in total. The van der Waals surface area contributed by atoms with E-state index in [4.69, 9.17) is 11.0 Å². The molecule has 0 aromatic heterocycles. The number of hydrogen-bond acceptors (Lipinski definition) is 3. The van der Waals surface area contributed by atoms with Gasteiger partial charge in [-0.2, -0.15) is 14.0 Å². The molecule has 0 bridgehead atoms. The highest BCUT2D eigenvalue weighted by Gasteiger charge is 2.49. The zero-order valence-corrected chi connectivity index (χ0v) is 8.75. The number of carbonyl (C=O) groups excluding carboxylic acids is 1. The summed E-state index contributed by atoms with van der Waals surface area (Å²) in [6.07, 6.45) is -4.11. The topological polar surface area (TPSA) is 78.9 Å². The third-order valence-electron chi connectivity index (χ3n) is 2.01. The van der Waals surface area contributed by atoms with Crippen LogP contribution in [-0.4, -0.2) is 18.3 Å². The number of nitriles is 1. The Hall–Kier alpha value is -2.30. The maximum Gasteiger partial charge on any atom is 0.383 e. The Labute approximate surface area is 99.0 Å². The fraction of sp³-hybridized carbons (Fsp3) is 0.200. The summed E-state index contributed by atoms with van der Waals surface area (Å²) >= 11 is 0. The van der Waals surface area contributed by atoms with Crippen LogP contribution in [0.2, 0.25) is 0 Å². The number of rotatable bonds is 3. The average Bonchev–Trinajstić information content (AvgIpc) is 2.31. The average molecular weight is 261 g/mol. The molecule has 1 aromatic carbocycles. The molecule has 18 heavy (non-hydrogen) atoms. The molecule has 0 aliphatic rings. The number of hydrogen-bond donors (Lipinski definition) is 2. The lowest BCUT2D eigenvalue weighted by atomic mass is 10.2. The van der Waals surface area contributed by atoms with Gasteiger partial charge in [-0.05, 0) is 18.2 Å². The van der Waals surface area contributed by atoms with Crippen LogP contribution in [0.15, 0.2) is 18.2 Å². The molecule has 0 fully saturated rings. The molecule has 0 unspecified atom stereocenters. The fourth-order valence-electron chi connectivity index (χ4n) is 1.05. The summed E-state index contributed by atoms with van der Waals surface area (Å²) < 4.78 is 49.1. The molecule has 1 rings (SSSR count). The highest BCUT2D eigenvalue weighted by molar-refractivity contribution is 5.98. The molecular weight excluding hydrogens is 254 g/mol. The Balaban J connectivity index is 2.93. The number of carbonyl (C=O) groups is 1. The number of anilines is 2. The highest BCUT2D eigenvalue weighted by atomic mass is 19.3. The molecular formula is C10H7F4N3O. The number of alkyl halides is 4. The van der Waals surface area contributed by atoms with Gasteiger partial charge >= 0.3 is 18.3 Å². The summed E-state index contributed by atoms with van der Waals surface area (Å²) in [5.41, 5.74) is 5.07. The number of halogens is 4. The molecule has 0 saturated heterocycles. The van der Waals surface area contributed by atoms with Crippen molar-refractivity contribution in [2.45, 2.75) is 12.3 Å². The van der Waals surface area contributed by atoms with Crippen molar-refractivity contribution in [2.75, 3.05) is 11.1 Å². The third kappa shape index (κ3) is 2.68. The quantitative estimate of drug-likeness (QED) is 0.645. The van der Waals surface area contributed by atoms with Gasteiger partial charge < -0.3 is 11.1 Å². The zero-order chi connectivity index (χ0) is 13.9.